The molecule has 0 aliphatic rings. The number of anilines is 1. The Balaban J connectivity index is 2.11. The topological polar surface area (TPSA) is 73.6 Å². The molecule has 5 nitrogen and oxygen atoms in total. The van der Waals surface area contributed by atoms with Crippen molar-refractivity contribution in [2.45, 2.75) is 6.42 Å². The van der Waals surface area contributed by atoms with Crippen molar-refractivity contribution >= 4 is 11.6 Å². The van der Waals surface area contributed by atoms with Gasteiger partial charge in [-0.25, -0.2) is 0 Å². The van der Waals surface area contributed by atoms with Crippen molar-refractivity contribution in [3.05, 3.63) is 36.9 Å². The van der Waals surface area contributed by atoms with Crippen molar-refractivity contribution < 1.29 is 14.3 Å². The van der Waals surface area contributed by atoms with Gasteiger partial charge in [0.25, 0.3) is 5.91 Å². The van der Waals surface area contributed by atoms with Crippen molar-refractivity contribution in [2.75, 3.05) is 32.1 Å². The average molecular weight is 264 g/mol. The molecule has 1 aromatic carbocycles. The van der Waals surface area contributed by atoms with Crippen molar-refractivity contribution in [2.24, 2.45) is 0 Å². The lowest BCUT2D eigenvalue weighted by atomic mass is 10.3. The van der Waals surface area contributed by atoms with Crippen LogP contribution in [0.25, 0.3) is 0 Å². The number of nitrogens with one attached hydrogen (secondary N) is 1. The Labute approximate surface area is 113 Å². The highest BCUT2D eigenvalue weighted by Crippen LogP contribution is 2.19. The van der Waals surface area contributed by atoms with Gasteiger partial charge >= 0.3 is 0 Å². The van der Waals surface area contributed by atoms with Gasteiger partial charge in [0.2, 0.25) is 0 Å². The summed E-state index contributed by atoms with van der Waals surface area (Å²) < 4.78 is 10.6. The number of ether oxygens (including phenoxy) is 2. The van der Waals surface area contributed by atoms with E-state index in [1.807, 2.05) is 6.07 Å². The third-order valence-corrected chi connectivity index (χ3v) is 2.31. The highest BCUT2D eigenvalue weighted by molar-refractivity contribution is 5.77. The second-order valence-electron chi connectivity index (χ2n) is 3.87. The van der Waals surface area contributed by atoms with E-state index in [0.717, 1.165) is 6.42 Å². The maximum absolute atomic E-state index is 11.5. The average Bonchev–Trinajstić information content (AvgIpc) is 2.42. The molecule has 1 aromatic rings. The summed E-state index contributed by atoms with van der Waals surface area (Å²) in [6, 6.07) is 7.06. The molecule has 19 heavy (non-hydrogen) atoms. The highest BCUT2D eigenvalue weighted by Gasteiger charge is 2.03. The molecule has 3 N–H and O–H groups in total. The van der Waals surface area contributed by atoms with Gasteiger partial charge in [0.1, 0.15) is 5.75 Å². The number of para-hydroxylation sites is 2. The molecule has 0 spiro atoms. The standard InChI is InChI=1S/C14H20N2O3/c1-2-3-9-18-10-8-16-14(17)11-19-13-7-5-4-6-12(13)15/h2,4-7H,1,3,8-11,15H2,(H,16,17). The molecule has 0 bridgehead atoms. The van der Waals surface area contributed by atoms with Crippen LogP contribution in [0.3, 0.4) is 0 Å². The molecule has 0 atom stereocenters. The second kappa shape index (κ2) is 8.99. The van der Waals surface area contributed by atoms with Gasteiger partial charge in [-0.05, 0) is 18.6 Å². The molecule has 104 valence electrons. The Bertz CT molecular complexity index is 407. The summed E-state index contributed by atoms with van der Waals surface area (Å²) in [6.45, 7) is 5.10. The van der Waals surface area contributed by atoms with Crippen molar-refractivity contribution in [3.8, 4) is 5.75 Å². The fourth-order valence-corrected chi connectivity index (χ4v) is 1.34. The number of carbonyl (C=O) groups is 1. The van der Waals surface area contributed by atoms with Crippen LogP contribution in [0.4, 0.5) is 5.69 Å². The molecular weight excluding hydrogens is 244 g/mol. The van der Waals surface area contributed by atoms with Crippen LogP contribution >= 0.6 is 0 Å². The van der Waals surface area contributed by atoms with Crippen LogP contribution in [0.1, 0.15) is 6.42 Å². The molecule has 0 aromatic heterocycles. The van der Waals surface area contributed by atoms with E-state index in [1.165, 1.54) is 0 Å². The lowest BCUT2D eigenvalue weighted by Gasteiger charge is -2.09. The molecule has 0 fully saturated rings. The van der Waals surface area contributed by atoms with E-state index in [-0.39, 0.29) is 12.5 Å². The van der Waals surface area contributed by atoms with Gasteiger partial charge in [-0.3, -0.25) is 4.79 Å². The third kappa shape index (κ3) is 6.47. The maximum Gasteiger partial charge on any atom is 0.258 e. The van der Waals surface area contributed by atoms with Crippen LogP contribution in [0.15, 0.2) is 36.9 Å². The molecule has 5 heteroatoms. The van der Waals surface area contributed by atoms with Gasteiger partial charge in [-0.2, -0.15) is 0 Å². The Hall–Kier alpha value is -2.01. The number of amides is 1. The number of hydrogen-bond acceptors (Lipinski definition) is 4. The van der Waals surface area contributed by atoms with E-state index in [0.29, 0.717) is 31.2 Å². The van der Waals surface area contributed by atoms with E-state index in [4.69, 9.17) is 15.2 Å². The number of rotatable bonds is 9. The van der Waals surface area contributed by atoms with E-state index >= 15 is 0 Å². The molecule has 0 radical (unpaired) electrons. The first-order chi connectivity index (χ1) is 9.24. The quantitative estimate of drug-likeness (QED) is 0.401. The SMILES string of the molecule is C=CCCOCCNC(=O)COc1ccccc1N. The number of benzene rings is 1. The largest absolute Gasteiger partial charge is 0.482 e. The summed E-state index contributed by atoms with van der Waals surface area (Å²) in [6.07, 6.45) is 2.60. The minimum atomic E-state index is -0.199. The second-order valence-corrected chi connectivity index (χ2v) is 3.87. The van der Waals surface area contributed by atoms with Gasteiger partial charge < -0.3 is 20.5 Å². The summed E-state index contributed by atoms with van der Waals surface area (Å²) in [5, 5.41) is 2.69. The lowest BCUT2D eigenvalue weighted by molar-refractivity contribution is -0.123. The maximum atomic E-state index is 11.5. The van der Waals surface area contributed by atoms with E-state index < -0.39 is 0 Å². The van der Waals surface area contributed by atoms with Gasteiger partial charge in [0.05, 0.1) is 18.9 Å². The van der Waals surface area contributed by atoms with Crippen molar-refractivity contribution in [3.63, 3.8) is 0 Å². The molecule has 0 unspecified atom stereocenters. The molecule has 1 amide bonds. The normalized spacial score (nSPS) is 9.89. The molecule has 0 heterocycles. The monoisotopic (exact) mass is 264 g/mol. The molecule has 0 saturated carbocycles. The molecule has 1 rings (SSSR count). The summed E-state index contributed by atoms with van der Waals surface area (Å²) in [7, 11) is 0. The Kier molecular flexibility index (Phi) is 7.12. The minimum Gasteiger partial charge on any atom is -0.482 e. The lowest BCUT2D eigenvalue weighted by Crippen LogP contribution is -2.31. The van der Waals surface area contributed by atoms with Crippen LogP contribution < -0.4 is 15.8 Å². The van der Waals surface area contributed by atoms with Crippen LogP contribution in [-0.2, 0) is 9.53 Å². The number of hydrogen-bond donors (Lipinski definition) is 2. The van der Waals surface area contributed by atoms with E-state index in [1.54, 1.807) is 24.3 Å². The first kappa shape index (κ1) is 15.0. The number of carbonyl (C=O) groups excluding carboxylic acids is 1. The summed E-state index contributed by atoms with van der Waals surface area (Å²) in [5.74, 6) is 0.315. The number of nitrogens with two attached hydrogens (primary N) is 1. The molecule has 0 aliphatic carbocycles. The van der Waals surface area contributed by atoms with Gasteiger partial charge in [-0.15, -0.1) is 6.58 Å². The van der Waals surface area contributed by atoms with Gasteiger partial charge in [0.15, 0.2) is 6.61 Å². The Morgan fingerprint density at radius 1 is 1.37 bits per heavy atom. The summed E-state index contributed by atoms with van der Waals surface area (Å²) in [5.41, 5.74) is 6.21. The minimum absolute atomic E-state index is 0.0547. The van der Waals surface area contributed by atoms with E-state index in [9.17, 15) is 4.79 Å². The summed E-state index contributed by atoms with van der Waals surface area (Å²) in [4.78, 5) is 11.5. The molecular formula is C14H20N2O3. The van der Waals surface area contributed by atoms with Crippen LogP contribution in [0, 0.1) is 0 Å². The zero-order valence-electron chi connectivity index (χ0n) is 10.9. The number of nitrogen functional groups attached to an aromatic ring is 1. The predicted octanol–water partition coefficient (Wildman–Crippen LogP) is 1.36. The van der Waals surface area contributed by atoms with Crippen LogP contribution in [-0.4, -0.2) is 32.3 Å². The van der Waals surface area contributed by atoms with Gasteiger partial charge in [0, 0.05) is 6.54 Å². The first-order valence-electron chi connectivity index (χ1n) is 6.16. The zero-order chi connectivity index (χ0) is 13.9. The van der Waals surface area contributed by atoms with Crippen LogP contribution in [0.5, 0.6) is 5.75 Å². The first-order valence-corrected chi connectivity index (χ1v) is 6.16. The summed E-state index contributed by atoms with van der Waals surface area (Å²) >= 11 is 0. The third-order valence-electron chi connectivity index (χ3n) is 2.31. The van der Waals surface area contributed by atoms with Crippen LogP contribution in [0.2, 0.25) is 0 Å². The Morgan fingerprint density at radius 2 is 2.16 bits per heavy atom. The highest BCUT2D eigenvalue weighted by atomic mass is 16.5. The van der Waals surface area contributed by atoms with Gasteiger partial charge in [-0.1, -0.05) is 18.2 Å². The predicted molar refractivity (Wildman–Crippen MR) is 75.0 cm³/mol. The smallest absolute Gasteiger partial charge is 0.258 e. The fourth-order valence-electron chi connectivity index (χ4n) is 1.34. The van der Waals surface area contributed by atoms with Crippen molar-refractivity contribution in [1.29, 1.82) is 0 Å². The molecule has 0 saturated heterocycles. The zero-order valence-corrected chi connectivity index (χ0v) is 10.9. The van der Waals surface area contributed by atoms with Crippen molar-refractivity contribution in [1.82, 2.24) is 5.32 Å². The van der Waals surface area contributed by atoms with E-state index in [2.05, 4.69) is 11.9 Å². The fraction of sp³-hybridized carbons (Fsp3) is 0.357. The Morgan fingerprint density at radius 3 is 2.89 bits per heavy atom. The molecule has 0 aliphatic heterocycles.